The first kappa shape index (κ1) is 17.9. The summed E-state index contributed by atoms with van der Waals surface area (Å²) in [6, 6.07) is 5.46. The minimum absolute atomic E-state index is 0.134. The van der Waals surface area contributed by atoms with E-state index in [1.165, 1.54) is 18.4 Å². The molecule has 0 saturated heterocycles. The molecular weight excluding hydrogens is 304 g/mol. The van der Waals surface area contributed by atoms with Crippen molar-refractivity contribution in [3.8, 4) is 0 Å². The van der Waals surface area contributed by atoms with Gasteiger partial charge in [0.1, 0.15) is 11.8 Å². The highest BCUT2D eigenvalue weighted by Gasteiger charge is 2.05. The smallest absolute Gasteiger partial charge is 0.244 e. The third-order valence-electron chi connectivity index (χ3n) is 3.80. The Morgan fingerprint density at radius 1 is 1.25 bits per heavy atom. The highest BCUT2D eigenvalue weighted by atomic mass is 16.3. The third kappa shape index (κ3) is 5.06. The number of benzene rings is 1. The van der Waals surface area contributed by atoms with Gasteiger partial charge < -0.3 is 15.5 Å². The molecule has 5 heteroatoms. The molecular formula is C19H24N2O3. The molecule has 0 radical (unpaired) electrons. The van der Waals surface area contributed by atoms with Gasteiger partial charge in [0, 0.05) is 12.6 Å². The summed E-state index contributed by atoms with van der Waals surface area (Å²) in [4.78, 5) is 24.2. The number of hydrogen-bond donors (Lipinski definition) is 2. The fraction of sp³-hybridized carbons (Fsp3) is 0.368. The van der Waals surface area contributed by atoms with E-state index in [2.05, 4.69) is 5.32 Å². The van der Waals surface area contributed by atoms with E-state index in [4.69, 9.17) is 10.2 Å². The summed E-state index contributed by atoms with van der Waals surface area (Å²) in [5.74, 6) is -0.211. The Kier molecular flexibility index (Phi) is 6.75. The second-order valence-electron chi connectivity index (χ2n) is 5.85. The summed E-state index contributed by atoms with van der Waals surface area (Å²) in [6.45, 7) is 3.25. The molecule has 128 valence electrons. The van der Waals surface area contributed by atoms with Gasteiger partial charge >= 0.3 is 0 Å². The highest BCUT2D eigenvalue weighted by molar-refractivity contribution is 5.92. The van der Waals surface area contributed by atoms with Crippen LogP contribution in [0.5, 0.6) is 0 Å². The number of rotatable bonds is 8. The van der Waals surface area contributed by atoms with E-state index in [1.807, 2.05) is 13.0 Å². The average molecular weight is 328 g/mol. The fourth-order valence-corrected chi connectivity index (χ4v) is 2.43. The average Bonchev–Trinajstić information content (AvgIpc) is 2.58. The second kappa shape index (κ2) is 9.03. The second-order valence-corrected chi connectivity index (χ2v) is 5.85. The number of aryl methyl sites for hydroxylation is 1. The summed E-state index contributed by atoms with van der Waals surface area (Å²) < 4.78 is 5.45. The van der Waals surface area contributed by atoms with Crippen LogP contribution in [0.2, 0.25) is 0 Å². The molecule has 0 fully saturated rings. The molecule has 1 aromatic carbocycles. The van der Waals surface area contributed by atoms with Gasteiger partial charge in [0.2, 0.25) is 5.91 Å². The first-order chi connectivity index (χ1) is 11.6. The molecule has 3 N–H and O–H groups in total. The summed E-state index contributed by atoms with van der Waals surface area (Å²) in [6.07, 6.45) is 8.33. The van der Waals surface area contributed by atoms with Gasteiger partial charge in [-0.3, -0.25) is 9.59 Å². The van der Waals surface area contributed by atoms with Gasteiger partial charge in [0.15, 0.2) is 5.43 Å². The lowest BCUT2D eigenvalue weighted by Crippen LogP contribution is -2.22. The van der Waals surface area contributed by atoms with Crippen LogP contribution in [-0.4, -0.2) is 19.0 Å². The molecule has 0 aliphatic heterocycles. The molecule has 1 heterocycles. The number of unbranched alkanes of at least 4 members (excludes halogenated alkanes) is 3. The molecule has 2 rings (SSSR count). The van der Waals surface area contributed by atoms with Gasteiger partial charge in [0.05, 0.1) is 10.9 Å². The van der Waals surface area contributed by atoms with E-state index in [1.54, 1.807) is 12.1 Å². The third-order valence-corrected chi connectivity index (χ3v) is 3.80. The molecule has 24 heavy (non-hydrogen) atoms. The summed E-state index contributed by atoms with van der Waals surface area (Å²) in [7, 11) is 0. The predicted molar refractivity (Wildman–Crippen MR) is 96.8 cm³/mol. The van der Waals surface area contributed by atoms with E-state index < -0.39 is 0 Å². The Morgan fingerprint density at radius 2 is 2.04 bits per heavy atom. The van der Waals surface area contributed by atoms with Crippen LogP contribution in [0.1, 0.15) is 36.8 Å². The number of carbonyl (C=O) groups excluding carboxylic acids is 1. The Balaban J connectivity index is 1.94. The van der Waals surface area contributed by atoms with Crippen molar-refractivity contribution in [2.45, 2.75) is 32.6 Å². The first-order valence-electron chi connectivity index (χ1n) is 8.30. The van der Waals surface area contributed by atoms with Crippen LogP contribution in [0, 0.1) is 6.92 Å². The normalized spacial score (nSPS) is 11.2. The summed E-state index contributed by atoms with van der Waals surface area (Å²) in [5, 5.41) is 3.33. The molecule has 1 amide bonds. The number of fused-ring (bicyclic) bond motifs is 1. The Morgan fingerprint density at radius 3 is 2.83 bits per heavy atom. The largest absolute Gasteiger partial charge is 0.463 e. The van der Waals surface area contributed by atoms with Crippen LogP contribution in [0.4, 0.5) is 0 Å². The van der Waals surface area contributed by atoms with Crippen LogP contribution in [-0.2, 0) is 4.79 Å². The minimum Gasteiger partial charge on any atom is -0.463 e. The number of nitrogens with one attached hydrogen (secondary N) is 1. The standard InChI is InChI=1S/C19H24N2O3/c1-14-6-8-17-16(12-14)19(23)15(13-24-17)7-9-18(22)21-11-5-3-2-4-10-20/h6-9,12-13H,2-5,10-11,20H2,1H3,(H,21,22)/b9-7+. The van der Waals surface area contributed by atoms with Crippen LogP contribution < -0.4 is 16.5 Å². The maximum atomic E-state index is 12.4. The van der Waals surface area contributed by atoms with Crippen LogP contribution in [0.15, 0.2) is 39.7 Å². The highest BCUT2D eigenvalue weighted by Crippen LogP contribution is 2.13. The topological polar surface area (TPSA) is 85.3 Å². The van der Waals surface area contributed by atoms with E-state index in [-0.39, 0.29) is 11.3 Å². The zero-order valence-corrected chi connectivity index (χ0v) is 14.0. The number of carbonyl (C=O) groups is 1. The van der Waals surface area contributed by atoms with E-state index in [9.17, 15) is 9.59 Å². The van der Waals surface area contributed by atoms with E-state index >= 15 is 0 Å². The van der Waals surface area contributed by atoms with Crippen LogP contribution >= 0.6 is 0 Å². The van der Waals surface area contributed by atoms with Gasteiger partial charge in [-0.05, 0) is 44.5 Å². The zero-order chi connectivity index (χ0) is 17.4. The SMILES string of the molecule is Cc1ccc2occ(/C=C/C(=O)NCCCCCCN)c(=O)c2c1. The lowest BCUT2D eigenvalue weighted by Gasteiger charge is -2.02. The fourth-order valence-electron chi connectivity index (χ4n) is 2.43. The van der Waals surface area contributed by atoms with Gasteiger partial charge in [-0.15, -0.1) is 0 Å². The molecule has 0 aliphatic rings. The van der Waals surface area contributed by atoms with Crippen molar-refractivity contribution in [2.75, 3.05) is 13.1 Å². The van der Waals surface area contributed by atoms with Crippen LogP contribution in [0.3, 0.4) is 0 Å². The summed E-state index contributed by atoms with van der Waals surface area (Å²) in [5.41, 5.74) is 7.20. The first-order valence-corrected chi connectivity index (χ1v) is 8.30. The van der Waals surface area contributed by atoms with Crippen molar-refractivity contribution in [3.63, 3.8) is 0 Å². The molecule has 0 unspecified atom stereocenters. The van der Waals surface area contributed by atoms with Crippen molar-refractivity contribution >= 4 is 23.0 Å². The molecule has 2 aromatic rings. The monoisotopic (exact) mass is 328 g/mol. The molecule has 0 spiro atoms. The van der Waals surface area contributed by atoms with Gasteiger partial charge in [0.25, 0.3) is 0 Å². The molecule has 0 aliphatic carbocycles. The van der Waals surface area contributed by atoms with Gasteiger partial charge in [-0.2, -0.15) is 0 Å². The predicted octanol–water partition coefficient (Wildman–Crippen LogP) is 2.75. The van der Waals surface area contributed by atoms with E-state index in [0.717, 1.165) is 31.2 Å². The van der Waals surface area contributed by atoms with Crippen molar-refractivity contribution in [1.29, 1.82) is 0 Å². The summed E-state index contributed by atoms with van der Waals surface area (Å²) >= 11 is 0. The van der Waals surface area contributed by atoms with Crippen LogP contribution in [0.25, 0.3) is 17.0 Å². The van der Waals surface area contributed by atoms with Crippen molar-refractivity contribution < 1.29 is 9.21 Å². The van der Waals surface area contributed by atoms with Gasteiger partial charge in [-0.25, -0.2) is 0 Å². The molecule has 0 bridgehead atoms. The number of amides is 1. The Labute approximate surface area is 141 Å². The van der Waals surface area contributed by atoms with Crippen molar-refractivity contribution in [2.24, 2.45) is 5.73 Å². The van der Waals surface area contributed by atoms with Crippen molar-refractivity contribution in [1.82, 2.24) is 5.32 Å². The Bertz CT molecular complexity index is 778. The molecule has 0 saturated carbocycles. The Hall–Kier alpha value is -2.40. The zero-order valence-electron chi connectivity index (χ0n) is 14.0. The van der Waals surface area contributed by atoms with Crippen molar-refractivity contribution in [3.05, 3.63) is 51.9 Å². The number of nitrogens with two attached hydrogens (primary N) is 1. The lowest BCUT2D eigenvalue weighted by atomic mass is 10.1. The quantitative estimate of drug-likeness (QED) is 0.576. The maximum Gasteiger partial charge on any atom is 0.244 e. The minimum atomic E-state index is -0.211. The molecule has 0 atom stereocenters. The van der Waals surface area contributed by atoms with E-state index in [0.29, 0.717) is 29.6 Å². The number of hydrogen-bond acceptors (Lipinski definition) is 4. The van der Waals surface area contributed by atoms with Gasteiger partial charge in [-0.1, -0.05) is 24.5 Å². The molecule has 5 nitrogen and oxygen atoms in total. The maximum absolute atomic E-state index is 12.4. The molecule has 1 aromatic heterocycles. The lowest BCUT2D eigenvalue weighted by molar-refractivity contribution is -0.116.